The van der Waals surface area contributed by atoms with Crippen molar-refractivity contribution in [1.82, 2.24) is 15.8 Å². The summed E-state index contributed by atoms with van der Waals surface area (Å²) >= 11 is 0. The van der Waals surface area contributed by atoms with Crippen LogP contribution in [-0.4, -0.2) is 43.6 Å². The van der Waals surface area contributed by atoms with E-state index in [1.165, 1.54) is 12.1 Å². The highest BCUT2D eigenvalue weighted by Crippen LogP contribution is 2.32. The highest BCUT2D eigenvalue weighted by atomic mass is 19.2. The standard InChI is InChI=1S/C24H29F2N3O2/c1-31-22-7-3-2-5-16(22)9-11-23(30)29-12-4-6-18(15-29)24-19(14-27-28-24)17-8-10-20(25)21(26)13-17/h2-3,5,7-8,10,13,18-19,24,27-28H,4,6,9,11-12,14-15H2,1H3. The second-order valence-corrected chi connectivity index (χ2v) is 8.38. The zero-order chi connectivity index (χ0) is 21.8. The van der Waals surface area contributed by atoms with Gasteiger partial charge in [-0.05, 0) is 54.5 Å². The number of para-hydroxylation sites is 1. The molecule has 0 aromatic heterocycles. The summed E-state index contributed by atoms with van der Waals surface area (Å²) in [5, 5.41) is 0. The Bertz CT molecular complexity index is 923. The third-order valence-electron chi connectivity index (χ3n) is 6.52. The van der Waals surface area contributed by atoms with Gasteiger partial charge >= 0.3 is 0 Å². The molecule has 31 heavy (non-hydrogen) atoms. The normalized spacial score (nSPS) is 23.7. The number of rotatable bonds is 6. The number of likely N-dealkylation sites (tertiary alicyclic amines) is 1. The fourth-order valence-corrected chi connectivity index (χ4v) is 4.87. The van der Waals surface area contributed by atoms with Crippen molar-refractivity contribution < 1.29 is 18.3 Å². The molecule has 2 saturated heterocycles. The first-order chi connectivity index (χ1) is 15.1. The Balaban J connectivity index is 1.39. The fraction of sp³-hybridized carbons (Fsp3) is 0.458. The van der Waals surface area contributed by atoms with E-state index in [0.717, 1.165) is 36.3 Å². The van der Waals surface area contributed by atoms with Crippen molar-refractivity contribution in [2.45, 2.75) is 37.6 Å². The lowest BCUT2D eigenvalue weighted by Gasteiger charge is -2.37. The number of nitrogens with one attached hydrogen (secondary N) is 2. The smallest absolute Gasteiger partial charge is 0.222 e. The first kappa shape index (κ1) is 21.7. The van der Waals surface area contributed by atoms with E-state index in [0.29, 0.717) is 25.9 Å². The second-order valence-electron chi connectivity index (χ2n) is 8.38. The topological polar surface area (TPSA) is 53.6 Å². The number of benzene rings is 2. The van der Waals surface area contributed by atoms with Crippen molar-refractivity contribution in [2.75, 3.05) is 26.7 Å². The maximum absolute atomic E-state index is 13.8. The van der Waals surface area contributed by atoms with Crippen molar-refractivity contribution in [3.05, 3.63) is 65.2 Å². The summed E-state index contributed by atoms with van der Waals surface area (Å²) in [5.41, 5.74) is 8.31. The van der Waals surface area contributed by atoms with Gasteiger partial charge in [0.1, 0.15) is 5.75 Å². The molecule has 2 aliphatic rings. The third kappa shape index (κ3) is 4.88. The van der Waals surface area contributed by atoms with E-state index in [4.69, 9.17) is 4.74 Å². The van der Waals surface area contributed by atoms with Gasteiger partial charge in [-0.1, -0.05) is 24.3 Å². The van der Waals surface area contributed by atoms with E-state index in [9.17, 15) is 13.6 Å². The molecule has 2 heterocycles. The highest BCUT2D eigenvalue weighted by molar-refractivity contribution is 5.76. The van der Waals surface area contributed by atoms with Gasteiger partial charge in [0, 0.05) is 38.0 Å². The summed E-state index contributed by atoms with van der Waals surface area (Å²) in [4.78, 5) is 14.9. The molecule has 2 N–H and O–H groups in total. The summed E-state index contributed by atoms with van der Waals surface area (Å²) in [6, 6.07) is 12.0. The van der Waals surface area contributed by atoms with Crippen LogP contribution in [0, 0.1) is 17.6 Å². The number of halogens is 2. The van der Waals surface area contributed by atoms with E-state index < -0.39 is 11.6 Å². The predicted molar refractivity (Wildman–Crippen MR) is 115 cm³/mol. The number of methoxy groups -OCH3 is 1. The number of amides is 1. The number of hydrogen-bond acceptors (Lipinski definition) is 4. The lowest BCUT2D eigenvalue weighted by atomic mass is 9.81. The molecular formula is C24H29F2N3O2. The van der Waals surface area contributed by atoms with Crippen molar-refractivity contribution in [1.29, 1.82) is 0 Å². The highest BCUT2D eigenvalue weighted by Gasteiger charge is 2.37. The molecule has 0 aliphatic carbocycles. The van der Waals surface area contributed by atoms with Crippen molar-refractivity contribution in [3.8, 4) is 5.75 Å². The van der Waals surface area contributed by atoms with Crippen LogP contribution in [0.1, 0.15) is 36.3 Å². The number of hydrazine groups is 1. The van der Waals surface area contributed by atoms with Gasteiger partial charge in [-0.2, -0.15) is 0 Å². The van der Waals surface area contributed by atoms with Crippen LogP contribution in [0.25, 0.3) is 0 Å². The molecule has 7 heteroatoms. The average Bonchev–Trinajstić information content (AvgIpc) is 3.29. The molecule has 0 radical (unpaired) electrons. The SMILES string of the molecule is COc1ccccc1CCC(=O)N1CCCC(C2NNCC2c2ccc(F)c(F)c2)C1. The van der Waals surface area contributed by atoms with Gasteiger partial charge in [-0.15, -0.1) is 0 Å². The Morgan fingerprint density at radius 1 is 1.19 bits per heavy atom. The van der Waals surface area contributed by atoms with Gasteiger partial charge in [0.25, 0.3) is 0 Å². The molecule has 3 atom stereocenters. The summed E-state index contributed by atoms with van der Waals surface area (Å²) in [5.74, 6) is -0.419. The summed E-state index contributed by atoms with van der Waals surface area (Å²) in [7, 11) is 1.64. The van der Waals surface area contributed by atoms with E-state index in [2.05, 4.69) is 10.9 Å². The van der Waals surface area contributed by atoms with Crippen LogP contribution in [0.2, 0.25) is 0 Å². The van der Waals surface area contributed by atoms with Crippen molar-refractivity contribution >= 4 is 5.91 Å². The Hall–Kier alpha value is -2.51. The molecule has 5 nitrogen and oxygen atoms in total. The lowest BCUT2D eigenvalue weighted by molar-refractivity contribution is -0.133. The first-order valence-corrected chi connectivity index (χ1v) is 10.9. The molecule has 166 valence electrons. The largest absolute Gasteiger partial charge is 0.496 e. The summed E-state index contributed by atoms with van der Waals surface area (Å²) < 4.78 is 32.5. The van der Waals surface area contributed by atoms with Crippen LogP contribution in [0.5, 0.6) is 5.75 Å². The zero-order valence-corrected chi connectivity index (χ0v) is 17.7. The number of ether oxygens (including phenoxy) is 1. The van der Waals surface area contributed by atoms with Crippen LogP contribution in [0.15, 0.2) is 42.5 Å². The number of nitrogens with zero attached hydrogens (tertiary/aromatic N) is 1. The monoisotopic (exact) mass is 429 g/mol. The Labute approximate surface area is 181 Å². The van der Waals surface area contributed by atoms with Gasteiger partial charge in [0.15, 0.2) is 11.6 Å². The molecule has 2 aromatic carbocycles. The van der Waals surface area contributed by atoms with Crippen molar-refractivity contribution in [2.24, 2.45) is 5.92 Å². The summed E-state index contributed by atoms with van der Waals surface area (Å²) in [6.45, 7) is 2.08. The predicted octanol–water partition coefficient (Wildman–Crippen LogP) is 3.40. The number of carbonyl (C=O) groups is 1. The lowest BCUT2D eigenvalue weighted by Crippen LogP contribution is -2.48. The number of hydrogen-bond donors (Lipinski definition) is 2. The van der Waals surface area contributed by atoms with E-state index >= 15 is 0 Å². The first-order valence-electron chi connectivity index (χ1n) is 10.9. The second kappa shape index (κ2) is 9.75. The molecular weight excluding hydrogens is 400 g/mol. The van der Waals surface area contributed by atoms with Crippen LogP contribution < -0.4 is 15.6 Å². The Morgan fingerprint density at radius 2 is 2.03 bits per heavy atom. The maximum atomic E-state index is 13.8. The van der Waals surface area contributed by atoms with Crippen LogP contribution in [-0.2, 0) is 11.2 Å². The minimum absolute atomic E-state index is 0.0312. The Kier molecular flexibility index (Phi) is 6.83. The molecule has 0 saturated carbocycles. The van der Waals surface area contributed by atoms with E-state index in [1.54, 1.807) is 13.2 Å². The van der Waals surface area contributed by atoms with E-state index in [-0.39, 0.29) is 23.8 Å². The van der Waals surface area contributed by atoms with Crippen molar-refractivity contribution in [3.63, 3.8) is 0 Å². The minimum Gasteiger partial charge on any atom is -0.496 e. The minimum atomic E-state index is -0.830. The molecule has 0 spiro atoms. The zero-order valence-electron chi connectivity index (χ0n) is 17.7. The van der Waals surface area contributed by atoms with E-state index in [1.807, 2.05) is 29.2 Å². The van der Waals surface area contributed by atoms with Gasteiger partial charge < -0.3 is 9.64 Å². The third-order valence-corrected chi connectivity index (χ3v) is 6.52. The molecule has 0 bridgehead atoms. The quantitative estimate of drug-likeness (QED) is 0.739. The van der Waals surface area contributed by atoms with Gasteiger partial charge in [-0.3, -0.25) is 15.6 Å². The summed E-state index contributed by atoms with van der Waals surface area (Å²) in [6.07, 6.45) is 3.02. The maximum Gasteiger partial charge on any atom is 0.222 e. The molecule has 3 unspecified atom stereocenters. The molecule has 2 aromatic rings. The fourth-order valence-electron chi connectivity index (χ4n) is 4.87. The van der Waals surface area contributed by atoms with Gasteiger partial charge in [-0.25, -0.2) is 8.78 Å². The van der Waals surface area contributed by atoms with Crippen LogP contribution in [0.3, 0.4) is 0 Å². The number of piperidine rings is 1. The molecule has 2 fully saturated rings. The van der Waals surface area contributed by atoms with Gasteiger partial charge in [0.05, 0.1) is 7.11 Å². The van der Waals surface area contributed by atoms with Crippen LogP contribution in [0.4, 0.5) is 8.78 Å². The van der Waals surface area contributed by atoms with Crippen LogP contribution >= 0.6 is 0 Å². The molecule has 2 aliphatic heterocycles. The Morgan fingerprint density at radius 3 is 2.84 bits per heavy atom. The van der Waals surface area contributed by atoms with Gasteiger partial charge in [0.2, 0.25) is 5.91 Å². The number of aryl methyl sites for hydroxylation is 1. The number of carbonyl (C=O) groups excluding carboxylic acids is 1. The molecule has 4 rings (SSSR count). The molecule has 1 amide bonds. The average molecular weight is 430 g/mol.